The van der Waals surface area contributed by atoms with Crippen molar-refractivity contribution in [3.8, 4) is 0 Å². The molecule has 1 nitrogen and oxygen atoms in total. The Kier molecular flexibility index (Phi) is 4.93. The first kappa shape index (κ1) is 14.0. The molecule has 19 heavy (non-hydrogen) atoms. The summed E-state index contributed by atoms with van der Waals surface area (Å²) >= 11 is 1.70. The van der Waals surface area contributed by atoms with Gasteiger partial charge >= 0.3 is 0 Å². The van der Waals surface area contributed by atoms with Gasteiger partial charge in [0.2, 0.25) is 0 Å². The van der Waals surface area contributed by atoms with Crippen LogP contribution in [0.25, 0.3) is 0 Å². The second kappa shape index (κ2) is 6.68. The molecule has 0 saturated carbocycles. The first-order chi connectivity index (χ1) is 9.19. The molecule has 0 radical (unpaired) electrons. The van der Waals surface area contributed by atoms with Crippen LogP contribution in [-0.2, 0) is 13.1 Å². The minimum absolute atomic E-state index is 0.515. The summed E-state index contributed by atoms with van der Waals surface area (Å²) in [4.78, 5) is 1.23. The maximum Gasteiger partial charge on any atom is 0.159 e. The average Bonchev–Trinajstić information content (AvgIpc) is 2.43. The van der Waals surface area contributed by atoms with E-state index in [1.165, 1.54) is 16.5 Å². The third-order valence-electron chi connectivity index (χ3n) is 2.80. The zero-order valence-electron chi connectivity index (χ0n) is 10.6. The fourth-order valence-electron chi connectivity index (χ4n) is 1.74. The maximum absolute atomic E-state index is 13.0. The monoisotopic (exact) mass is 279 g/mol. The molecule has 0 aliphatic rings. The molecule has 0 aliphatic heterocycles. The Morgan fingerprint density at radius 1 is 0.895 bits per heavy atom. The standard InChI is InChI=1S/C15H15F2NS/c1-19-13-5-2-11(3-6-13)9-18-10-12-4-7-14(16)15(17)8-12/h2-8,18H,9-10H2,1H3. The van der Waals surface area contributed by atoms with Gasteiger partial charge in [-0.15, -0.1) is 11.8 Å². The third-order valence-corrected chi connectivity index (χ3v) is 3.54. The lowest BCUT2D eigenvalue weighted by molar-refractivity contribution is 0.506. The van der Waals surface area contributed by atoms with Gasteiger partial charge in [0.05, 0.1) is 0 Å². The number of rotatable bonds is 5. The molecule has 0 saturated heterocycles. The van der Waals surface area contributed by atoms with Crippen molar-refractivity contribution in [2.45, 2.75) is 18.0 Å². The van der Waals surface area contributed by atoms with Crippen LogP contribution < -0.4 is 5.32 Å². The summed E-state index contributed by atoms with van der Waals surface area (Å²) in [6.45, 7) is 1.22. The van der Waals surface area contributed by atoms with Crippen molar-refractivity contribution in [3.63, 3.8) is 0 Å². The lowest BCUT2D eigenvalue weighted by atomic mass is 10.2. The highest BCUT2D eigenvalue weighted by Crippen LogP contribution is 2.15. The van der Waals surface area contributed by atoms with Gasteiger partial charge < -0.3 is 5.32 Å². The third kappa shape index (κ3) is 4.04. The largest absolute Gasteiger partial charge is 0.309 e. The Hall–Kier alpha value is -1.39. The Balaban J connectivity index is 1.86. The number of nitrogens with one attached hydrogen (secondary N) is 1. The van der Waals surface area contributed by atoms with Crippen LogP contribution in [0.3, 0.4) is 0 Å². The van der Waals surface area contributed by atoms with Crippen LogP contribution in [0, 0.1) is 11.6 Å². The fraction of sp³-hybridized carbons (Fsp3) is 0.200. The lowest BCUT2D eigenvalue weighted by Gasteiger charge is -2.06. The number of benzene rings is 2. The maximum atomic E-state index is 13.0. The summed E-state index contributed by atoms with van der Waals surface area (Å²) < 4.78 is 25.8. The van der Waals surface area contributed by atoms with Gasteiger partial charge in [-0.25, -0.2) is 8.78 Å². The van der Waals surface area contributed by atoms with Gasteiger partial charge in [0.25, 0.3) is 0 Å². The van der Waals surface area contributed by atoms with Crippen LogP contribution >= 0.6 is 11.8 Å². The summed E-state index contributed by atoms with van der Waals surface area (Å²) in [6, 6.07) is 12.2. The van der Waals surface area contributed by atoms with E-state index in [1.54, 1.807) is 17.8 Å². The van der Waals surface area contributed by atoms with Crippen LogP contribution in [0.2, 0.25) is 0 Å². The summed E-state index contributed by atoms with van der Waals surface area (Å²) in [6.07, 6.45) is 2.04. The second-order valence-corrected chi connectivity index (χ2v) is 5.08. The predicted molar refractivity (Wildman–Crippen MR) is 75.1 cm³/mol. The Morgan fingerprint density at radius 2 is 1.53 bits per heavy atom. The van der Waals surface area contributed by atoms with E-state index in [0.717, 1.165) is 11.6 Å². The summed E-state index contributed by atoms with van der Waals surface area (Å²) in [5.41, 5.74) is 1.90. The van der Waals surface area contributed by atoms with E-state index in [1.807, 2.05) is 6.26 Å². The lowest BCUT2D eigenvalue weighted by Crippen LogP contribution is -2.12. The topological polar surface area (TPSA) is 12.0 Å². The zero-order chi connectivity index (χ0) is 13.7. The molecule has 0 heterocycles. The van der Waals surface area contributed by atoms with Gasteiger partial charge in [0.15, 0.2) is 11.6 Å². The first-order valence-corrected chi connectivity index (χ1v) is 7.19. The van der Waals surface area contributed by atoms with E-state index in [9.17, 15) is 8.78 Å². The smallest absolute Gasteiger partial charge is 0.159 e. The molecular weight excluding hydrogens is 264 g/mol. The van der Waals surface area contributed by atoms with Gasteiger partial charge in [0.1, 0.15) is 0 Å². The van der Waals surface area contributed by atoms with E-state index in [0.29, 0.717) is 13.1 Å². The molecule has 0 aliphatic carbocycles. The molecule has 4 heteroatoms. The van der Waals surface area contributed by atoms with Crippen LogP contribution in [-0.4, -0.2) is 6.26 Å². The fourth-order valence-corrected chi connectivity index (χ4v) is 2.15. The van der Waals surface area contributed by atoms with Crippen molar-refractivity contribution in [2.75, 3.05) is 6.26 Å². The van der Waals surface area contributed by atoms with Crippen LogP contribution in [0.1, 0.15) is 11.1 Å². The predicted octanol–water partition coefficient (Wildman–Crippen LogP) is 3.98. The molecule has 100 valence electrons. The minimum atomic E-state index is -0.809. The van der Waals surface area contributed by atoms with Crippen LogP contribution in [0.15, 0.2) is 47.4 Å². The van der Waals surface area contributed by atoms with E-state index in [-0.39, 0.29) is 0 Å². The van der Waals surface area contributed by atoms with Crippen LogP contribution in [0.4, 0.5) is 8.78 Å². The van der Waals surface area contributed by atoms with Crippen molar-refractivity contribution in [1.29, 1.82) is 0 Å². The molecule has 0 fully saturated rings. The molecular formula is C15H15F2NS. The summed E-state index contributed by atoms with van der Waals surface area (Å²) in [5.74, 6) is -1.61. The Bertz CT molecular complexity index is 540. The Labute approximate surface area is 116 Å². The highest BCUT2D eigenvalue weighted by molar-refractivity contribution is 7.98. The normalized spacial score (nSPS) is 10.7. The van der Waals surface area contributed by atoms with Gasteiger partial charge in [0, 0.05) is 18.0 Å². The van der Waals surface area contributed by atoms with Gasteiger partial charge in [-0.3, -0.25) is 0 Å². The van der Waals surface area contributed by atoms with E-state index in [4.69, 9.17) is 0 Å². The van der Waals surface area contributed by atoms with Crippen molar-refractivity contribution in [3.05, 3.63) is 65.2 Å². The van der Waals surface area contributed by atoms with E-state index >= 15 is 0 Å². The molecule has 2 aromatic rings. The van der Waals surface area contributed by atoms with Gasteiger partial charge in [-0.2, -0.15) is 0 Å². The quantitative estimate of drug-likeness (QED) is 0.831. The Morgan fingerprint density at radius 3 is 2.16 bits per heavy atom. The van der Waals surface area contributed by atoms with E-state index < -0.39 is 11.6 Å². The van der Waals surface area contributed by atoms with Crippen molar-refractivity contribution in [2.24, 2.45) is 0 Å². The molecule has 0 aromatic heterocycles. The van der Waals surface area contributed by atoms with E-state index in [2.05, 4.69) is 29.6 Å². The van der Waals surface area contributed by atoms with Crippen molar-refractivity contribution < 1.29 is 8.78 Å². The highest BCUT2D eigenvalue weighted by Gasteiger charge is 2.02. The number of thioether (sulfide) groups is 1. The molecule has 1 N–H and O–H groups in total. The average molecular weight is 279 g/mol. The van der Waals surface area contributed by atoms with Crippen LogP contribution in [0.5, 0.6) is 0 Å². The molecule has 0 amide bonds. The summed E-state index contributed by atoms with van der Waals surface area (Å²) in [5, 5.41) is 3.21. The molecule has 0 atom stereocenters. The van der Waals surface area contributed by atoms with Gasteiger partial charge in [-0.05, 0) is 41.6 Å². The molecule has 0 spiro atoms. The zero-order valence-corrected chi connectivity index (χ0v) is 11.4. The number of hydrogen-bond acceptors (Lipinski definition) is 2. The minimum Gasteiger partial charge on any atom is -0.309 e. The molecule has 2 aromatic carbocycles. The van der Waals surface area contributed by atoms with Crippen molar-refractivity contribution in [1.82, 2.24) is 5.32 Å². The van der Waals surface area contributed by atoms with Crippen molar-refractivity contribution >= 4 is 11.8 Å². The molecule has 0 bridgehead atoms. The number of hydrogen-bond donors (Lipinski definition) is 1. The second-order valence-electron chi connectivity index (χ2n) is 4.20. The highest BCUT2D eigenvalue weighted by atomic mass is 32.2. The SMILES string of the molecule is CSc1ccc(CNCc2ccc(F)c(F)c2)cc1. The van der Waals surface area contributed by atoms with Gasteiger partial charge in [-0.1, -0.05) is 18.2 Å². The summed E-state index contributed by atoms with van der Waals surface area (Å²) in [7, 11) is 0. The first-order valence-electron chi connectivity index (χ1n) is 5.96. The number of halogens is 2. The molecule has 0 unspecified atom stereocenters. The molecule has 2 rings (SSSR count).